The number of hydrogen-bond donors (Lipinski definition) is 0. The van der Waals surface area contributed by atoms with E-state index >= 15 is 0 Å². The van der Waals surface area contributed by atoms with E-state index in [0.29, 0.717) is 21.9 Å². The van der Waals surface area contributed by atoms with Crippen molar-refractivity contribution < 1.29 is 9.53 Å². The molecule has 0 spiro atoms. The van der Waals surface area contributed by atoms with Crippen molar-refractivity contribution in [1.29, 1.82) is 5.26 Å². The highest BCUT2D eigenvalue weighted by Crippen LogP contribution is 2.26. The zero-order chi connectivity index (χ0) is 14.5. The molecule has 2 aromatic rings. The second-order valence-electron chi connectivity index (χ2n) is 4.18. The largest absolute Gasteiger partial charge is 0.497 e. The molecule has 0 aliphatic rings. The van der Waals surface area contributed by atoms with E-state index in [4.69, 9.17) is 16.3 Å². The number of rotatable bonds is 4. The second kappa shape index (κ2) is 6.23. The van der Waals surface area contributed by atoms with Crippen LogP contribution in [0.3, 0.4) is 0 Å². The Balaban J connectivity index is 2.35. The number of nitriles is 1. The van der Waals surface area contributed by atoms with Gasteiger partial charge in [0.15, 0.2) is 5.78 Å². The molecule has 0 saturated heterocycles. The SMILES string of the molecule is COc1ccc(C(C#N)C(=O)c2ccccc2Cl)cc1. The zero-order valence-electron chi connectivity index (χ0n) is 10.8. The summed E-state index contributed by atoms with van der Waals surface area (Å²) in [6.07, 6.45) is 0. The number of carbonyl (C=O) groups is 1. The maximum Gasteiger partial charge on any atom is 0.185 e. The molecular weight excluding hydrogens is 274 g/mol. The molecule has 4 heteroatoms. The molecule has 1 atom stereocenters. The molecule has 20 heavy (non-hydrogen) atoms. The fraction of sp³-hybridized carbons (Fsp3) is 0.125. The Labute approximate surface area is 122 Å². The first-order chi connectivity index (χ1) is 9.67. The third-order valence-electron chi connectivity index (χ3n) is 2.98. The number of hydrogen-bond acceptors (Lipinski definition) is 3. The van der Waals surface area contributed by atoms with Crippen molar-refractivity contribution in [1.82, 2.24) is 0 Å². The Morgan fingerprint density at radius 2 is 1.85 bits per heavy atom. The number of Topliss-reactive ketones (excluding diaryl/α,β-unsaturated/α-hetero) is 1. The minimum atomic E-state index is -0.874. The summed E-state index contributed by atoms with van der Waals surface area (Å²) in [5, 5.41) is 9.64. The molecule has 0 radical (unpaired) electrons. The Hall–Kier alpha value is -2.31. The van der Waals surface area contributed by atoms with Crippen LogP contribution in [-0.4, -0.2) is 12.9 Å². The molecule has 0 saturated carbocycles. The molecule has 0 heterocycles. The maximum absolute atomic E-state index is 12.4. The Morgan fingerprint density at radius 3 is 2.40 bits per heavy atom. The minimum absolute atomic E-state index is 0.303. The number of nitrogens with zero attached hydrogens (tertiary/aromatic N) is 1. The van der Waals surface area contributed by atoms with Gasteiger partial charge >= 0.3 is 0 Å². The van der Waals surface area contributed by atoms with E-state index in [0.717, 1.165) is 0 Å². The van der Waals surface area contributed by atoms with Gasteiger partial charge in [0.2, 0.25) is 0 Å². The Bertz CT molecular complexity index is 659. The topological polar surface area (TPSA) is 50.1 Å². The van der Waals surface area contributed by atoms with E-state index in [1.807, 2.05) is 6.07 Å². The first kappa shape index (κ1) is 14.1. The fourth-order valence-electron chi connectivity index (χ4n) is 1.90. The van der Waals surface area contributed by atoms with Gasteiger partial charge in [-0.05, 0) is 29.8 Å². The standard InChI is InChI=1S/C16H12ClNO2/c1-20-12-8-6-11(7-9-12)14(10-18)16(19)13-4-2-3-5-15(13)17/h2-9,14H,1H3. The smallest absolute Gasteiger partial charge is 0.185 e. The molecular formula is C16H12ClNO2. The van der Waals surface area contributed by atoms with Crippen LogP contribution in [0.4, 0.5) is 0 Å². The average molecular weight is 286 g/mol. The summed E-state index contributed by atoms with van der Waals surface area (Å²) >= 11 is 6.01. The van der Waals surface area contributed by atoms with E-state index in [1.54, 1.807) is 55.6 Å². The van der Waals surface area contributed by atoms with Gasteiger partial charge < -0.3 is 4.74 Å². The average Bonchev–Trinajstić information content (AvgIpc) is 2.49. The lowest BCUT2D eigenvalue weighted by Gasteiger charge is -2.10. The molecule has 0 N–H and O–H groups in total. The van der Waals surface area contributed by atoms with Crippen LogP contribution in [0, 0.1) is 11.3 Å². The molecule has 0 fully saturated rings. The first-order valence-electron chi connectivity index (χ1n) is 5.99. The van der Waals surface area contributed by atoms with Crippen molar-refractivity contribution in [2.45, 2.75) is 5.92 Å². The monoisotopic (exact) mass is 285 g/mol. The third-order valence-corrected chi connectivity index (χ3v) is 3.31. The van der Waals surface area contributed by atoms with Crippen LogP contribution in [0.25, 0.3) is 0 Å². The summed E-state index contributed by atoms with van der Waals surface area (Å²) in [6.45, 7) is 0. The summed E-state index contributed by atoms with van der Waals surface area (Å²) in [6, 6.07) is 15.6. The van der Waals surface area contributed by atoms with Crippen molar-refractivity contribution in [3.63, 3.8) is 0 Å². The summed E-state index contributed by atoms with van der Waals surface area (Å²) in [5.74, 6) is -0.500. The van der Waals surface area contributed by atoms with Crippen LogP contribution in [-0.2, 0) is 0 Å². The van der Waals surface area contributed by atoms with Crippen molar-refractivity contribution >= 4 is 17.4 Å². The summed E-state index contributed by atoms with van der Waals surface area (Å²) in [5.41, 5.74) is 0.981. The molecule has 0 bridgehead atoms. The molecule has 0 aliphatic carbocycles. The lowest BCUT2D eigenvalue weighted by atomic mass is 9.92. The summed E-state index contributed by atoms with van der Waals surface area (Å²) in [7, 11) is 1.56. The highest BCUT2D eigenvalue weighted by Gasteiger charge is 2.23. The van der Waals surface area contributed by atoms with Gasteiger partial charge in [0.05, 0.1) is 18.2 Å². The second-order valence-corrected chi connectivity index (χ2v) is 4.59. The Morgan fingerprint density at radius 1 is 1.20 bits per heavy atom. The summed E-state index contributed by atoms with van der Waals surface area (Å²) < 4.78 is 5.06. The molecule has 2 aromatic carbocycles. The fourth-order valence-corrected chi connectivity index (χ4v) is 2.13. The number of methoxy groups -OCH3 is 1. The predicted molar refractivity (Wildman–Crippen MR) is 77.1 cm³/mol. The molecule has 0 aliphatic heterocycles. The molecule has 1 unspecified atom stereocenters. The van der Waals surface area contributed by atoms with Crippen LogP contribution < -0.4 is 4.74 Å². The molecule has 0 amide bonds. The van der Waals surface area contributed by atoms with Gasteiger partial charge in [0, 0.05) is 5.56 Å². The van der Waals surface area contributed by atoms with Gasteiger partial charge in [0.1, 0.15) is 11.7 Å². The van der Waals surface area contributed by atoms with Gasteiger partial charge in [-0.15, -0.1) is 0 Å². The van der Waals surface area contributed by atoms with Crippen molar-refractivity contribution in [3.8, 4) is 11.8 Å². The van der Waals surface area contributed by atoms with E-state index in [-0.39, 0.29) is 5.78 Å². The quantitative estimate of drug-likeness (QED) is 0.802. The number of carbonyl (C=O) groups excluding carboxylic acids is 1. The predicted octanol–water partition coefficient (Wildman–Crippen LogP) is 3.84. The lowest BCUT2D eigenvalue weighted by Crippen LogP contribution is -2.11. The van der Waals surface area contributed by atoms with Crippen LogP contribution in [0.2, 0.25) is 5.02 Å². The molecule has 3 nitrogen and oxygen atoms in total. The van der Waals surface area contributed by atoms with Crippen molar-refractivity contribution in [2.24, 2.45) is 0 Å². The normalized spacial score (nSPS) is 11.4. The van der Waals surface area contributed by atoms with Gasteiger partial charge in [-0.3, -0.25) is 4.79 Å². The highest BCUT2D eigenvalue weighted by atomic mass is 35.5. The van der Waals surface area contributed by atoms with Crippen molar-refractivity contribution in [2.75, 3.05) is 7.11 Å². The van der Waals surface area contributed by atoms with Gasteiger partial charge in [-0.2, -0.15) is 5.26 Å². The van der Waals surface area contributed by atoms with Gasteiger partial charge in [-0.1, -0.05) is 35.9 Å². The minimum Gasteiger partial charge on any atom is -0.497 e. The van der Waals surface area contributed by atoms with Crippen LogP contribution in [0.15, 0.2) is 48.5 Å². The van der Waals surface area contributed by atoms with Crippen molar-refractivity contribution in [3.05, 3.63) is 64.7 Å². The van der Waals surface area contributed by atoms with Gasteiger partial charge in [-0.25, -0.2) is 0 Å². The third kappa shape index (κ3) is 2.81. The van der Waals surface area contributed by atoms with E-state index in [2.05, 4.69) is 0 Å². The number of ether oxygens (including phenoxy) is 1. The molecule has 0 aromatic heterocycles. The number of halogens is 1. The van der Waals surface area contributed by atoms with E-state index in [1.165, 1.54) is 0 Å². The van der Waals surface area contributed by atoms with Crippen LogP contribution in [0.5, 0.6) is 5.75 Å². The first-order valence-corrected chi connectivity index (χ1v) is 6.37. The maximum atomic E-state index is 12.4. The molecule has 2 rings (SSSR count). The van der Waals surface area contributed by atoms with Gasteiger partial charge in [0.25, 0.3) is 0 Å². The number of ketones is 1. The van der Waals surface area contributed by atoms with E-state index < -0.39 is 5.92 Å². The van der Waals surface area contributed by atoms with E-state index in [9.17, 15) is 10.1 Å². The van der Waals surface area contributed by atoms with Crippen LogP contribution in [0.1, 0.15) is 21.8 Å². The summed E-state index contributed by atoms with van der Waals surface area (Å²) in [4.78, 5) is 12.4. The highest BCUT2D eigenvalue weighted by molar-refractivity contribution is 6.34. The lowest BCUT2D eigenvalue weighted by molar-refractivity contribution is 0.0979. The Kier molecular flexibility index (Phi) is 4.39. The van der Waals surface area contributed by atoms with Crippen LogP contribution >= 0.6 is 11.6 Å². The zero-order valence-corrected chi connectivity index (χ0v) is 11.6. The molecule has 100 valence electrons. The number of benzene rings is 2.